The SMILES string of the molecule is COc1ccc(NC(=O)COC(=O)c2nccnc2N)c([N+](=O)[O-])c1. The third kappa shape index (κ3) is 4.37. The number of hydrogen-bond acceptors (Lipinski definition) is 9. The van der Waals surface area contributed by atoms with Crippen LogP contribution in [-0.4, -0.2) is 40.5 Å². The fraction of sp³-hybridized carbons (Fsp3) is 0.143. The zero-order valence-electron chi connectivity index (χ0n) is 13.0. The van der Waals surface area contributed by atoms with Crippen LogP contribution >= 0.6 is 0 Å². The van der Waals surface area contributed by atoms with Gasteiger partial charge >= 0.3 is 5.97 Å². The Balaban J connectivity index is 2.02. The highest BCUT2D eigenvalue weighted by Crippen LogP contribution is 2.28. The number of aromatic nitrogens is 2. The number of benzene rings is 1. The van der Waals surface area contributed by atoms with Crippen LogP contribution in [0.4, 0.5) is 17.2 Å². The Kier molecular flexibility index (Phi) is 5.40. The van der Waals surface area contributed by atoms with E-state index in [9.17, 15) is 19.7 Å². The number of nitro benzene ring substituents is 1. The summed E-state index contributed by atoms with van der Waals surface area (Å²) < 4.78 is 9.65. The van der Waals surface area contributed by atoms with E-state index in [2.05, 4.69) is 15.3 Å². The Hall–Kier alpha value is -3.76. The fourth-order valence-electron chi connectivity index (χ4n) is 1.79. The summed E-state index contributed by atoms with van der Waals surface area (Å²) in [5, 5.41) is 13.3. The Morgan fingerprint density at radius 2 is 2.04 bits per heavy atom. The first-order chi connectivity index (χ1) is 11.9. The zero-order chi connectivity index (χ0) is 18.4. The van der Waals surface area contributed by atoms with Crippen LogP contribution in [0.15, 0.2) is 30.6 Å². The van der Waals surface area contributed by atoms with Gasteiger partial charge in [-0.15, -0.1) is 0 Å². The van der Waals surface area contributed by atoms with E-state index in [1.165, 1.54) is 31.6 Å². The maximum atomic E-state index is 11.9. The van der Waals surface area contributed by atoms with Gasteiger partial charge in [0.15, 0.2) is 18.1 Å². The lowest BCUT2D eigenvalue weighted by molar-refractivity contribution is -0.384. The van der Waals surface area contributed by atoms with Crippen LogP contribution in [0.25, 0.3) is 0 Å². The number of hydrogen-bond donors (Lipinski definition) is 2. The number of rotatable bonds is 6. The number of nitrogens with two attached hydrogens (primary N) is 1. The topological polar surface area (TPSA) is 160 Å². The maximum Gasteiger partial charge on any atom is 0.361 e. The first kappa shape index (κ1) is 17.6. The summed E-state index contributed by atoms with van der Waals surface area (Å²) in [6, 6.07) is 3.90. The van der Waals surface area contributed by atoms with Crippen molar-refractivity contribution in [2.75, 3.05) is 24.8 Å². The monoisotopic (exact) mass is 347 g/mol. The molecule has 1 heterocycles. The van der Waals surface area contributed by atoms with E-state index in [0.717, 1.165) is 6.07 Å². The van der Waals surface area contributed by atoms with Gasteiger partial charge in [-0.25, -0.2) is 14.8 Å². The fourth-order valence-corrected chi connectivity index (χ4v) is 1.79. The van der Waals surface area contributed by atoms with Gasteiger partial charge < -0.3 is 20.5 Å². The van der Waals surface area contributed by atoms with Crippen LogP contribution in [0.2, 0.25) is 0 Å². The van der Waals surface area contributed by atoms with Crippen LogP contribution in [0, 0.1) is 10.1 Å². The molecule has 0 spiro atoms. The molecule has 0 aliphatic heterocycles. The standard InChI is InChI=1S/C14H13N5O6/c1-24-8-2-3-9(10(6-8)19(22)23)18-11(20)7-25-14(21)12-13(15)17-5-4-16-12/h2-6H,7H2,1H3,(H2,15,17)(H,18,20). The summed E-state index contributed by atoms with van der Waals surface area (Å²) in [6.45, 7) is -0.683. The molecular weight excluding hydrogens is 334 g/mol. The van der Waals surface area contributed by atoms with Gasteiger partial charge in [0.05, 0.1) is 18.1 Å². The van der Waals surface area contributed by atoms with Crippen molar-refractivity contribution < 1.29 is 24.0 Å². The molecule has 2 aromatic rings. The van der Waals surface area contributed by atoms with Crippen molar-refractivity contribution in [3.05, 3.63) is 46.4 Å². The Bertz CT molecular complexity index is 825. The first-order valence-corrected chi connectivity index (χ1v) is 6.78. The smallest absolute Gasteiger partial charge is 0.361 e. The minimum atomic E-state index is -0.940. The molecule has 0 atom stereocenters. The molecular formula is C14H13N5O6. The number of methoxy groups -OCH3 is 1. The van der Waals surface area contributed by atoms with Crippen molar-refractivity contribution in [1.82, 2.24) is 9.97 Å². The molecule has 2 rings (SSSR count). The van der Waals surface area contributed by atoms with Crippen molar-refractivity contribution in [2.24, 2.45) is 0 Å². The van der Waals surface area contributed by atoms with Gasteiger partial charge in [-0.2, -0.15) is 0 Å². The van der Waals surface area contributed by atoms with Crippen LogP contribution in [-0.2, 0) is 9.53 Å². The van der Waals surface area contributed by atoms with E-state index in [1.54, 1.807) is 0 Å². The normalized spacial score (nSPS) is 9.96. The second-order valence-corrected chi connectivity index (χ2v) is 4.55. The predicted octanol–water partition coefficient (Wildman–Crippen LogP) is 0.771. The molecule has 0 unspecified atom stereocenters. The van der Waals surface area contributed by atoms with Gasteiger partial charge in [0.1, 0.15) is 11.4 Å². The number of carbonyl (C=O) groups is 2. The lowest BCUT2D eigenvalue weighted by Gasteiger charge is -2.08. The predicted molar refractivity (Wildman–Crippen MR) is 85.0 cm³/mol. The number of nitrogens with zero attached hydrogens (tertiary/aromatic N) is 3. The highest BCUT2D eigenvalue weighted by atomic mass is 16.6. The minimum absolute atomic E-state index is 0.0640. The van der Waals surface area contributed by atoms with E-state index in [-0.39, 0.29) is 28.6 Å². The number of nitro groups is 1. The summed E-state index contributed by atoms with van der Waals surface area (Å²) in [4.78, 5) is 41.4. The van der Waals surface area contributed by atoms with Crippen molar-refractivity contribution in [2.45, 2.75) is 0 Å². The quantitative estimate of drug-likeness (QED) is 0.437. The van der Waals surface area contributed by atoms with Crippen LogP contribution in [0.3, 0.4) is 0 Å². The van der Waals surface area contributed by atoms with Gasteiger partial charge in [0.2, 0.25) is 0 Å². The van der Waals surface area contributed by atoms with Crippen molar-refractivity contribution >= 4 is 29.1 Å². The third-order valence-electron chi connectivity index (χ3n) is 2.93. The highest BCUT2D eigenvalue weighted by Gasteiger charge is 2.19. The zero-order valence-corrected chi connectivity index (χ0v) is 13.0. The van der Waals surface area contributed by atoms with E-state index >= 15 is 0 Å². The second-order valence-electron chi connectivity index (χ2n) is 4.55. The average Bonchev–Trinajstić information content (AvgIpc) is 2.60. The van der Waals surface area contributed by atoms with Crippen LogP contribution in [0.5, 0.6) is 5.75 Å². The number of nitrogens with one attached hydrogen (secondary N) is 1. The van der Waals surface area contributed by atoms with Crippen LogP contribution < -0.4 is 15.8 Å². The Morgan fingerprint density at radius 1 is 1.32 bits per heavy atom. The molecule has 130 valence electrons. The van der Waals surface area contributed by atoms with Gasteiger partial charge in [-0.05, 0) is 12.1 Å². The Labute approximate surface area is 140 Å². The number of esters is 1. The van der Waals surface area contributed by atoms with E-state index in [0.29, 0.717) is 0 Å². The molecule has 0 fully saturated rings. The van der Waals surface area contributed by atoms with Gasteiger partial charge in [-0.1, -0.05) is 0 Å². The molecule has 0 saturated heterocycles. The minimum Gasteiger partial charge on any atom is -0.496 e. The van der Waals surface area contributed by atoms with Gasteiger partial charge in [-0.3, -0.25) is 14.9 Å². The lowest BCUT2D eigenvalue weighted by Crippen LogP contribution is -2.22. The molecule has 11 nitrogen and oxygen atoms in total. The number of amides is 1. The molecule has 0 aliphatic carbocycles. The molecule has 25 heavy (non-hydrogen) atoms. The van der Waals surface area contributed by atoms with Crippen LogP contribution in [0.1, 0.15) is 10.5 Å². The number of carbonyl (C=O) groups excluding carboxylic acids is 2. The summed E-state index contributed by atoms with van der Waals surface area (Å²) in [6.07, 6.45) is 2.54. The number of anilines is 2. The second kappa shape index (κ2) is 7.68. The molecule has 1 aromatic heterocycles. The number of ether oxygens (including phenoxy) is 2. The lowest BCUT2D eigenvalue weighted by atomic mass is 10.2. The third-order valence-corrected chi connectivity index (χ3v) is 2.93. The first-order valence-electron chi connectivity index (χ1n) is 6.78. The van der Waals surface area contributed by atoms with Gasteiger partial charge in [0.25, 0.3) is 11.6 Å². The van der Waals surface area contributed by atoms with Gasteiger partial charge in [0, 0.05) is 12.4 Å². The summed E-state index contributed by atoms with van der Waals surface area (Å²) in [5.74, 6) is -1.60. The summed E-state index contributed by atoms with van der Waals surface area (Å²) >= 11 is 0. The van der Waals surface area contributed by atoms with E-state index in [1.807, 2.05) is 0 Å². The molecule has 1 aromatic carbocycles. The summed E-state index contributed by atoms with van der Waals surface area (Å²) in [5.41, 5.74) is 4.81. The molecule has 0 saturated carbocycles. The molecule has 0 aliphatic rings. The largest absolute Gasteiger partial charge is 0.496 e. The average molecular weight is 347 g/mol. The van der Waals surface area contributed by atoms with Crippen molar-refractivity contribution in [3.8, 4) is 5.75 Å². The molecule has 0 bridgehead atoms. The molecule has 0 radical (unpaired) electrons. The molecule has 1 amide bonds. The molecule has 11 heteroatoms. The molecule has 3 N–H and O–H groups in total. The highest BCUT2D eigenvalue weighted by molar-refractivity contribution is 5.97. The number of nitrogen functional groups attached to an aromatic ring is 1. The van der Waals surface area contributed by atoms with Crippen molar-refractivity contribution in [3.63, 3.8) is 0 Å². The van der Waals surface area contributed by atoms with E-state index in [4.69, 9.17) is 15.2 Å². The van der Waals surface area contributed by atoms with E-state index < -0.39 is 23.4 Å². The summed E-state index contributed by atoms with van der Waals surface area (Å²) in [7, 11) is 1.36. The van der Waals surface area contributed by atoms with Crippen molar-refractivity contribution in [1.29, 1.82) is 0 Å². The maximum absolute atomic E-state index is 11.9. The Morgan fingerprint density at radius 3 is 2.68 bits per heavy atom.